The van der Waals surface area contributed by atoms with E-state index >= 15 is 0 Å². The van der Waals surface area contributed by atoms with Gasteiger partial charge in [0.05, 0.1) is 0 Å². The van der Waals surface area contributed by atoms with Gasteiger partial charge in [-0.25, -0.2) is 0 Å². The molecule has 0 bridgehead atoms. The molecule has 4 heteroatoms. The van der Waals surface area contributed by atoms with Crippen LogP contribution < -0.4 is 0 Å². The third-order valence-electron chi connectivity index (χ3n) is 7.42. The maximum absolute atomic E-state index is 9.43. The Labute approximate surface area is 208 Å². The third-order valence-corrected chi connectivity index (χ3v) is 10.6. The van der Waals surface area contributed by atoms with Crippen molar-refractivity contribution in [3.63, 3.8) is 0 Å². The molecule has 2 N–H and O–H groups in total. The summed E-state index contributed by atoms with van der Waals surface area (Å²) in [5.41, 5.74) is 0.188. The minimum atomic E-state index is 0.0938. The van der Waals surface area contributed by atoms with Gasteiger partial charge in [0.2, 0.25) is 0 Å². The van der Waals surface area contributed by atoms with E-state index in [9.17, 15) is 10.2 Å². The van der Waals surface area contributed by atoms with E-state index < -0.39 is 0 Å². The molecule has 2 fully saturated rings. The fourth-order valence-electron chi connectivity index (χ4n) is 4.92. The number of aliphatic hydroxyl groups is 2. The highest BCUT2D eigenvalue weighted by Crippen LogP contribution is 2.39. The lowest BCUT2D eigenvalue weighted by molar-refractivity contribution is 0.147. The normalized spacial score (nSPS) is 27.8. The second-order valence-corrected chi connectivity index (χ2v) is 15.1. The molecule has 4 atom stereocenters. The maximum atomic E-state index is 9.43. The average Bonchev–Trinajstić information content (AvgIpc) is 2.79. The van der Waals surface area contributed by atoms with Crippen LogP contribution in [0.2, 0.25) is 0 Å². The molecule has 2 aliphatic rings. The summed E-state index contributed by atoms with van der Waals surface area (Å²) < 4.78 is 0. The SMILES string of the molecule is CC(C)(CO)CCCCC1CCCC(/C=C\C2CCCC(CCCCC(C)(C)CO)S2)S1. The largest absolute Gasteiger partial charge is 0.396 e. The first-order valence-electron chi connectivity index (χ1n) is 13.4. The highest BCUT2D eigenvalue weighted by molar-refractivity contribution is 8.01. The molecule has 0 aromatic heterocycles. The average molecular weight is 485 g/mol. The molecule has 4 unspecified atom stereocenters. The molecule has 2 nitrogen and oxygen atoms in total. The van der Waals surface area contributed by atoms with Crippen molar-refractivity contribution in [1.29, 1.82) is 0 Å². The summed E-state index contributed by atoms with van der Waals surface area (Å²) in [4.78, 5) is 0. The predicted octanol–water partition coefficient (Wildman–Crippen LogP) is 8.01. The number of hydrogen-bond donors (Lipinski definition) is 2. The van der Waals surface area contributed by atoms with Crippen LogP contribution in [-0.2, 0) is 0 Å². The zero-order valence-corrected chi connectivity index (χ0v) is 23.1. The van der Waals surface area contributed by atoms with E-state index in [-0.39, 0.29) is 10.8 Å². The lowest BCUT2D eigenvalue weighted by Gasteiger charge is -2.30. The third kappa shape index (κ3) is 11.7. The van der Waals surface area contributed by atoms with Crippen molar-refractivity contribution in [2.24, 2.45) is 10.8 Å². The summed E-state index contributed by atoms with van der Waals surface area (Å²) in [7, 11) is 0. The molecule has 2 heterocycles. The molecule has 0 aromatic rings. The van der Waals surface area contributed by atoms with Crippen molar-refractivity contribution in [1.82, 2.24) is 0 Å². The Morgan fingerprint density at radius 1 is 0.656 bits per heavy atom. The minimum Gasteiger partial charge on any atom is -0.396 e. The van der Waals surface area contributed by atoms with Gasteiger partial charge in [0, 0.05) is 34.2 Å². The van der Waals surface area contributed by atoms with Crippen LogP contribution in [0.1, 0.15) is 118 Å². The van der Waals surface area contributed by atoms with Crippen LogP contribution in [0.25, 0.3) is 0 Å². The van der Waals surface area contributed by atoms with Gasteiger partial charge in [-0.05, 0) is 62.2 Å². The summed E-state index contributed by atoms with van der Waals surface area (Å²) in [6, 6.07) is 0. The van der Waals surface area contributed by atoms with Crippen molar-refractivity contribution < 1.29 is 10.2 Å². The van der Waals surface area contributed by atoms with Gasteiger partial charge in [-0.1, -0.05) is 78.4 Å². The van der Waals surface area contributed by atoms with Gasteiger partial charge in [0.1, 0.15) is 0 Å². The van der Waals surface area contributed by atoms with Gasteiger partial charge < -0.3 is 10.2 Å². The molecule has 0 aliphatic carbocycles. The van der Waals surface area contributed by atoms with Gasteiger partial charge >= 0.3 is 0 Å². The van der Waals surface area contributed by atoms with Gasteiger partial charge in [-0.15, -0.1) is 0 Å². The van der Waals surface area contributed by atoms with E-state index in [1.165, 1.54) is 77.0 Å². The van der Waals surface area contributed by atoms with Crippen molar-refractivity contribution in [2.45, 2.75) is 139 Å². The van der Waals surface area contributed by atoms with Crippen LogP contribution in [0, 0.1) is 10.8 Å². The Morgan fingerprint density at radius 2 is 1.06 bits per heavy atom. The molecule has 0 spiro atoms. The summed E-state index contributed by atoms with van der Waals surface area (Å²) >= 11 is 4.48. The van der Waals surface area contributed by atoms with E-state index in [1.54, 1.807) is 0 Å². The van der Waals surface area contributed by atoms with Gasteiger partial charge in [-0.2, -0.15) is 23.5 Å². The van der Waals surface area contributed by atoms with Crippen LogP contribution >= 0.6 is 23.5 Å². The topological polar surface area (TPSA) is 40.5 Å². The smallest absolute Gasteiger partial charge is 0.0482 e. The Morgan fingerprint density at radius 3 is 1.44 bits per heavy atom. The molecular weight excluding hydrogens is 432 g/mol. The van der Waals surface area contributed by atoms with E-state index in [0.717, 1.165) is 33.8 Å². The molecular formula is C28H52O2S2. The van der Waals surface area contributed by atoms with E-state index in [0.29, 0.717) is 13.2 Å². The molecule has 0 amide bonds. The minimum absolute atomic E-state index is 0.0938. The first-order chi connectivity index (χ1) is 15.2. The number of thioether (sulfide) groups is 2. The van der Waals surface area contributed by atoms with Crippen LogP contribution in [-0.4, -0.2) is 44.4 Å². The van der Waals surface area contributed by atoms with Gasteiger partial charge in [-0.3, -0.25) is 0 Å². The Balaban J connectivity index is 1.65. The molecule has 0 aromatic carbocycles. The lowest BCUT2D eigenvalue weighted by atomic mass is 9.88. The molecule has 0 saturated carbocycles. The zero-order chi connectivity index (χ0) is 23.5. The molecule has 2 rings (SSSR count). The molecule has 2 aliphatic heterocycles. The fourth-order valence-corrected chi connectivity index (χ4v) is 8.09. The predicted molar refractivity (Wildman–Crippen MR) is 146 cm³/mol. The van der Waals surface area contributed by atoms with Crippen molar-refractivity contribution >= 4 is 23.5 Å². The molecule has 188 valence electrons. The van der Waals surface area contributed by atoms with Crippen LogP contribution in [0.4, 0.5) is 0 Å². The van der Waals surface area contributed by atoms with E-state index in [1.807, 2.05) is 0 Å². The van der Waals surface area contributed by atoms with E-state index in [2.05, 4.69) is 63.4 Å². The standard InChI is InChI=1S/C28H52O2S2/c1-27(2,21-29)19-7-5-11-23-13-9-15-25(31-23)17-18-26-16-10-14-24(32-26)12-6-8-20-28(3,4)22-30/h17-18,23-26,29-30H,5-16,19-22H2,1-4H3/b18-17-. The molecule has 32 heavy (non-hydrogen) atoms. The number of hydrogen-bond acceptors (Lipinski definition) is 4. The first kappa shape index (κ1) is 28.6. The van der Waals surface area contributed by atoms with Crippen LogP contribution in [0.3, 0.4) is 0 Å². The molecule has 2 saturated heterocycles. The first-order valence-corrected chi connectivity index (χ1v) is 15.3. The summed E-state index contributed by atoms with van der Waals surface area (Å²) in [6.45, 7) is 9.31. The lowest BCUT2D eigenvalue weighted by Crippen LogP contribution is -2.19. The van der Waals surface area contributed by atoms with E-state index in [4.69, 9.17) is 0 Å². The number of aliphatic hydroxyl groups excluding tert-OH is 2. The second-order valence-electron chi connectivity index (χ2n) is 12.0. The monoisotopic (exact) mass is 484 g/mol. The van der Waals surface area contributed by atoms with Gasteiger partial charge in [0.15, 0.2) is 0 Å². The number of unbranched alkanes of at least 4 members (excludes halogenated alkanes) is 2. The van der Waals surface area contributed by atoms with Crippen molar-refractivity contribution in [3.05, 3.63) is 12.2 Å². The maximum Gasteiger partial charge on any atom is 0.0482 e. The Kier molecular flexibility index (Phi) is 13.1. The Bertz CT molecular complexity index is 486. The quantitative estimate of drug-likeness (QED) is 0.193. The fraction of sp³-hybridized carbons (Fsp3) is 0.929. The van der Waals surface area contributed by atoms with Crippen molar-refractivity contribution in [3.8, 4) is 0 Å². The van der Waals surface area contributed by atoms with Crippen molar-refractivity contribution in [2.75, 3.05) is 13.2 Å². The Hall–Kier alpha value is 0.360. The highest BCUT2D eigenvalue weighted by atomic mass is 32.2. The van der Waals surface area contributed by atoms with Crippen LogP contribution in [0.15, 0.2) is 12.2 Å². The zero-order valence-electron chi connectivity index (χ0n) is 21.5. The summed E-state index contributed by atoms with van der Waals surface area (Å²) in [6.07, 6.45) is 23.5. The van der Waals surface area contributed by atoms with Crippen LogP contribution in [0.5, 0.6) is 0 Å². The second kappa shape index (κ2) is 14.7. The summed E-state index contributed by atoms with van der Waals surface area (Å²) in [5.74, 6) is 0. The van der Waals surface area contributed by atoms with Gasteiger partial charge in [0.25, 0.3) is 0 Å². The highest BCUT2D eigenvalue weighted by Gasteiger charge is 2.24. The molecule has 0 radical (unpaired) electrons. The number of rotatable bonds is 14. The summed E-state index contributed by atoms with van der Waals surface area (Å²) in [5, 5.41) is 22.0.